The normalized spacial score (nSPS) is 10.5. The maximum absolute atomic E-state index is 9.02. The van der Waals surface area contributed by atoms with Gasteiger partial charge in [-0.3, -0.25) is 0 Å². The van der Waals surface area contributed by atoms with Gasteiger partial charge in [0.25, 0.3) is 0 Å². The molecule has 0 spiro atoms. The summed E-state index contributed by atoms with van der Waals surface area (Å²) in [6, 6.07) is 0. The molecule has 0 fully saturated rings. The molecule has 0 rings (SSSR count). The molecule has 0 aliphatic rings. The van der Waals surface area contributed by atoms with Crippen LogP contribution in [0.5, 0.6) is 0 Å². The number of aliphatic hydroxyl groups is 1. The predicted octanol–water partition coefficient (Wildman–Crippen LogP) is 1.55. The van der Waals surface area contributed by atoms with E-state index in [2.05, 4.69) is 6.92 Å². The van der Waals surface area contributed by atoms with Gasteiger partial charge < -0.3 is 5.11 Å². The van der Waals surface area contributed by atoms with E-state index >= 15 is 0 Å². The van der Waals surface area contributed by atoms with E-state index in [-0.39, 0.29) is 25.8 Å². The monoisotopic (exact) mass is 282 g/mol. The molecule has 0 aliphatic carbocycles. The zero-order valence-corrected chi connectivity index (χ0v) is 9.45. The Morgan fingerprint density at radius 1 is 1.38 bits per heavy atom. The molecule has 0 saturated carbocycles. The maximum Gasteiger partial charge on any atom is 0.0591 e. The quantitative estimate of drug-likeness (QED) is 0.761. The van der Waals surface area contributed by atoms with Gasteiger partial charge in [-0.15, -0.1) is 0 Å². The summed E-state index contributed by atoms with van der Waals surface area (Å²) in [5.41, 5.74) is -0.450. The van der Waals surface area contributed by atoms with E-state index in [1.807, 2.05) is 13.8 Å². The molecule has 48 valence electrons. The number of hydrogen-bond donors (Lipinski definition) is 1. The molecule has 0 heterocycles. The minimum Gasteiger partial charge on any atom is -0.390 e. The minimum atomic E-state index is -0.450. The summed E-state index contributed by atoms with van der Waals surface area (Å²) >= 11 is 0. The molecule has 1 N–H and O–H groups in total. The van der Waals surface area contributed by atoms with Crippen LogP contribution in [-0.4, -0.2) is 10.7 Å². The second-order valence-corrected chi connectivity index (χ2v) is 2.56. The van der Waals surface area contributed by atoms with Crippen LogP contribution in [0.4, 0.5) is 0 Å². The van der Waals surface area contributed by atoms with E-state index in [1.165, 1.54) is 0 Å². The number of hydrogen-bond acceptors (Lipinski definition) is 1. The van der Waals surface area contributed by atoms with Gasteiger partial charge in [-0.05, 0) is 20.3 Å². The molecule has 0 unspecified atom stereocenters. The van der Waals surface area contributed by atoms with Crippen LogP contribution in [0.2, 0.25) is 0 Å². The zero-order chi connectivity index (χ0) is 5.91. The Morgan fingerprint density at radius 2 is 1.75 bits per heavy atom. The fraction of sp³-hybridized carbons (Fsp3) is 1.00. The average molecular weight is 281 g/mol. The molecule has 0 saturated heterocycles. The molecular formula is C6H14HfO. The second kappa shape index (κ2) is 4.68. The van der Waals surface area contributed by atoms with Crippen LogP contribution < -0.4 is 0 Å². The zero-order valence-electron chi connectivity index (χ0n) is 5.86. The topological polar surface area (TPSA) is 20.2 Å². The minimum absolute atomic E-state index is 0. The predicted molar refractivity (Wildman–Crippen MR) is 31.2 cm³/mol. The first-order valence-corrected chi connectivity index (χ1v) is 2.78. The van der Waals surface area contributed by atoms with Crippen molar-refractivity contribution in [2.24, 2.45) is 0 Å². The van der Waals surface area contributed by atoms with Gasteiger partial charge in [0.1, 0.15) is 0 Å². The largest absolute Gasteiger partial charge is 0.390 e. The third-order valence-electron chi connectivity index (χ3n) is 0.862. The van der Waals surface area contributed by atoms with Gasteiger partial charge in [-0.25, -0.2) is 0 Å². The van der Waals surface area contributed by atoms with E-state index in [9.17, 15) is 0 Å². The Bertz CT molecular complexity index is 47.0. The molecule has 8 heavy (non-hydrogen) atoms. The van der Waals surface area contributed by atoms with Crippen molar-refractivity contribution >= 4 is 0 Å². The molecule has 0 aromatic heterocycles. The Balaban J connectivity index is 0. The molecule has 0 bridgehead atoms. The van der Waals surface area contributed by atoms with E-state index < -0.39 is 5.60 Å². The summed E-state index contributed by atoms with van der Waals surface area (Å²) in [7, 11) is 0. The SMILES string of the molecule is CCCC(C)(C)O.[Hf]. The molecule has 0 radical (unpaired) electrons. The molecule has 0 aromatic carbocycles. The first-order chi connectivity index (χ1) is 3.06. The molecule has 1 nitrogen and oxygen atoms in total. The molecule has 0 atom stereocenters. The van der Waals surface area contributed by atoms with Crippen molar-refractivity contribution in [1.82, 2.24) is 0 Å². The Hall–Kier alpha value is 0.830. The Morgan fingerprint density at radius 3 is 1.75 bits per heavy atom. The van der Waals surface area contributed by atoms with Gasteiger partial charge in [0.2, 0.25) is 0 Å². The standard InChI is InChI=1S/C6H14O.Hf/c1-4-5-6(2,3)7;/h7H,4-5H2,1-3H3;. The van der Waals surface area contributed by atoms with E-state index in [0.29, 0.717) is 0 Å². The van der Waals surface area contributed by atoms with E-state index in [1.54, 1.807) is 0 Å². The first kappa shape index (κ1) is 11.6. The van der Waals surface area contributed by atoms with Crippen molar-refractivity contribution in [3.63, 3.8) is 0 Å². The van der Waals surface area contributed by atoms with E-state index in [0.717, 1.165) is 12.8 Å². The Kier molecular flexibility index (Phi) is 6.80. The first-order valence-electron chi connectivity index (χ1n) is 2.78. The van der Waals surface area contributed by atoms with Gasteiger partial charge in [-0.1, -0.05) is 13.3 Å². The van der Waals surface area contributed by atoms with Crippen LogP contribution in [0.25, 0.3) is 0 Å². The fourth-order valence-corrected chi connectivity index (χ4v) is 0.612. The smallest absolute Gasteiger partial charge is 0.0591 e. The van der Waals surface area contributed by atoms with Crippen LogP contribution >= 0.6 is 0 Å². The second-order valence-electron chi connectivity index (χ2n) is 2.56. The molecule has 0 aliphatic heterocycles. The van der Waals surface area contributed by atoms with Gasteiger partial charge in [0, 0.05) is 25.8 Å². The van der Waals surface area contributed by atoms with Crippen LogP contribution in [0.1, 0.15) is 33.6 Å². The van der Waals surface area contributed by atoms with Crippen molar-refractivity contribution in [2.75, 3.05) is 0 Å². The van der Waals surface area contributed by atoms with Crippen molar-refractivity contribution in [1.29, 1.82) is 0 Å². The van der Waals surface area contributed by atoms with Crippen molar-refractivity contribution in [3.8, 4) is 0 Å². The van der Waals surface area contributed by atoms with Crippen LogP contribution in [-0.2, 0) is 25.8 Å². The summed E-state index contributed by atoms with van der Waals surface area (Å²) in [5, 5.41) is 9.02. The van der Waals surface area contributed by atoms with Crippen molar-refractivity contribution in [2.45, 2.75) is 39.2 Å². The van der Waals surface area contributed by atoms with Crippen LogP contribution in [0.15, 0.2) is 0 Å². The summed E-state index contributed by atoms with van der Waals surface area (Å²) < 4.78 is 0. The molecule has 0 amide bonds. The van der Waals surface area contributed by atoms with Gasteiger partial charge >= 0.3 is 0 Å². The third-order valence-corrected chi connectivity index (χ3v) is 0.862. The number of rotatable bonds is 2. The van der Waals surface area contributed by atoms with Gasteiger partial charge in [0.05, 0.1) is 5.60 Å². The molecular weight excluding hydrogens is 267 g/mol. The van der Waals surface area contributed by atoms with Gasteiger partial charge in [-0.2, -0.15) is 0 Å². The van der Waals surface area contributed by atoms with Crippen molar-refractivity contribution < 1.29 is 30.9 Å². The summed E-state index contributed by atoms with van der Waals surface area (Å²) in [6.45, 7) is 5.73. The summed E-state index contributed by atoms with van der Waals surface area (Å²) in [6.07, 6.45) is 1.95. The molecule has 0 aromatic rings. The summed E-state index contributed by atoms with van der Waals surface area (Å²) in [5.74, 6) is 0. The molecule has 2 heteroatoms. The van der Waals surface area contributed by atoms with E-state index in [4.69, 9.17) is 5.11 Å². The average Bonchev–Trinajstić information content (AvgIpc) is 1.30. The van der Waals surface area contributed by atoms with Crippen LogP contribution in [0.3, 0.4) is 0 Å². The Labute approximate surface area is 70.3 Å². The third kappa shape index (κ3) is 9.95. The fourth-order valence-electron chi connectivity index (χ4n) is 0.612. The summed E-state index contributed by atoms with van der Waals surface area (Å²) in [4.78, 5) is 0. The van der Waals surface area contributed by atoms with Crippen LogP contribution in [0, 0.1) is 0 Å². The maximum atomic E-state index is 9.02. The van der Waals surface area contributed by atoms with Crippen molar-refractivity contribution in [3.05, 3.63) is 0 Å². The van der Waals surface area contributed by atoms with Gasteiger partial charge in [0.15, 0.2) is 0 Å².